The number of nitrogens with one attached hydrogen (secondary N) is 1. The van der Waals surface area contributed by atoms with Crippen LogP contribution in [0, 0.1) is 20.8 Å². The van der Waals surface area contributed by atoms with Gasteiger partial charge in [-0.1, -0.05) is 17.8 Å². The molecular weight excluding hydrogens is 266 g/mol. The standard InChI is InChI=1S/C16H23N3S/c1-10-7-12(3)13(8-11(10)2)14-9-20-15(19-18-14)17-16(4,5)6/h7-8H,9H2,1-6H3,(H,17,19). The van der Waals surface area contributed by atoms with Gasteiger partial charge in [-0.2, -0.15) is 5.10 Å². The van der Waals surface area contributed by atoms with Gasteiger partial charge in [0.2, 0.25) is 0 Å². The molecule has 1 aromatic rings. The first-order valence-electron chi connectivity index (χ1n) is 6.90. The highest BCUT2D eigenvalue weighted by Gasteiger charge is 2.17. The maximum atomic E-state index is 4.61. The molecule has 0 saturated heterocycles. The summed E-state index contributed by atoms with van der Waals surface area (Å²) in [4.78, 5) is 4.61. The minimum atomic E-state index is -0.0707. The summed E-state index contributed by atoms with van der Waals surface area (Å²) >= 11 is 1.72. The monoisotopic (exact) mass is 289 g/mol. The molecule has 0 atom stereocenters. The van der Waals surface area contributed by atoms with Gasteiger partial charge in [0.1, 0.15) is 0 Å². The largest absolute Gasteiger partial charge is 0.256 e. The second-order valence-corrected chi connectivity index (χ2v) is 7.26. The van der Waals surface area contributed by atoms with Gasteiger partial charge < -0.3 is 0 Å². The summed E-state index contributed by atoms with van der Waals surface area (Å²) in [6, 6.07) is 4.47. The average molecular weight is 289 g/mol. The Hall–Kier alpha value is -1.29. The average Bonchev–Trinajstić information content (AvgIpc) is 2.33. The summed E-state index contributed by atoms with van der Waals surface area (Å²) in [6.07, 6.45) is 0. The van der Waals surface area contributed by atoms with Gasteiger partial charge in [0.15, 0.2) is 5.17 Å². The molecule has 0 unspecified atom stereocenters. The summed E-state index contributed by atoms with van der Waals surface area (Å²) in [5.41, 5.74) is 9.28. The summed E-state index contributed by atoms with van der Waals surface area (Å²) < 4.78 is 0. The van der Waals surface area contributed by atoms with E-state index in [1.54, 1.807) is 11.8 Å². The first kappa shape index (κ1) is 15.1. The van der Waals surface area contributed by atoms with Gasteiger partial charge in [-0.3, -0.25) is 10.4 Å². The van der Waals surface area contributed by atoms with Gasteiger partial charge in [-0.05, 0) is 64.3 Å². The Morgan fingerprint density at radius 1 is 1.10 bits per heavy atom. The number of hydrogen-bond acceptors (Lipinski definition) is 3. The zero-order valence-electron chi connectivity index (χ0n) is 13.2. The van der Waals surface area contributed by atoms with Crippen molar-refractivity contribution in [2.75, 3.05) is 5.75 Å². The van der Waals surface area contributed by atoms with Gasteiger partial charge in [-0.25, -0.2) is 0 Å². The normalized spacial score (nSPS) is 17.9. The summed E-state index contributed by atoms with van der Waals surface area (Å²) in [6.45, 7) is 12.7. The molecule has 0 fully saturated rings. The Bertz CT molecular complexity index is 580. The van der Waals surface area contributed by atoms with Crippen molar-refractivity contribution in [1.29, 1.82) is 0 Å². The number of thioether (sulfide) groups is 1. The van der Waals surface area contributed by atoms with Crippen LogP contribution in [0.4, 0.5) is 0 Å². The van der Waals surface area contributed by atoms with E-state index in [-0.39, 0.29) is 5.54 Å². The molecule has 1 N–H and O–H groups in total. The van der Waals surface area contributed by atoms with Crippen molar-refractivity contribution in [1.82, 2.24) is 5.43 Å². The Morgan fingerprint density at radius 3 is 2.30 bits per heavy atom. The molecule has 0 amide bonds. The summed E-state index contributed by atoms with van der Waals surface area (Å²) in [7, 11) is 0. The first-order chi connectivity index (χ1) is 9.26. The second kappa shape index (κ2) is 5.60. The van der Waals surface area contributed by atoms with Crippen molar-refractivity contribution in [3.05, 3.63) is 34.4 Å². The lowest BCUT2D eigenvalue weighted by atomic mass is 9.98. The molecule has 1 aliphatic rings. The minimum Gasteiger partial charge on any atom is -0.256 e. The van der Waals surface area contributed by atoms with E-state index in [4.69, 9.17) is 0 Å². The quantitative estimate of drug-likeness (QED) is 0.853. The van der Waals surface area contributed by atoms with Crippen molar-refractivity contribution in [3.8, 4) is 0 Å². The number of hydrogen-bond donors (Lipinski definition) is 1. The van der Waals surface area contributed by atoms with Crippen LogP contribution >= 0.6 is 11.8 Å². The summed E-state index contributed by atoms with van der Waals surface area (Å²) in [5.74, 6) is 0.866. The molecule has 1 aliphatic heterocycles. The van der Waals surface area contributed by atoms with Crippen molar-refractivity contribution >= 4 is 22.6 Å². The van der Waals surface area contributed by atoms with Crippen LogP contribution in [0.1, 0.15) is 43.0 Å². The molecule has 4 heteroatoms. The Morgan fingerprint density at radius 2 is 1.75 bits per heavy atom. The fourth-order valence-corrected chi connectivity index (χ4v) is 3.03. The highest BCUT2D eigenvalue weighted by Crippen LogP contribution is 2.21. The van der Waals surface area contributed by atoms with Crippen molar-refractivity contribution in [2.24, 2.45) is 10.1 Å². The third-order valence-electron chi connectivity index (χ3n) is 3.22. The van der Waals surface area contributed by atoms with Gasteiger partial charge >= 0.3 is 0 Å². The number of hydrazone groups is 1. The van der Waals surface area contributed by atoms with Crippen LogP contribution in [0.5, 0.6) is 0 Å². The highest BCUT2D eigenvalue weighted by atomic mass is 32.2. The van der Waals surface area contributed by atoms with E-state index in [1.165, 1.54) is 22.3 Å². The van der Waals surface area contributed by atoms with Gasteiger partial charge in [0, 0.05) is 11.3 Å². The van der Waals surface area contributed by atoms with Gasteiger partial charge in [-0.15, -0.1) is 0 Å². The molecule has 0 saturated carbocycles. The number of benzene rings is 1. The second-order valence-electron chi connectivity index (χ2n) is 6.30. The SMILES string of the molecule is Cc1cc(C)c(C2=NNC(=NC(C)(C)C)SC2)cc1C. The zero-order valence-corrected chi connectivity index (χ0v) is 14.0. The van der Waals surface area contributed by atoms with Crippen molar-refractivity contribution in [3.63, 3.8) is 0 Å². The van der Waals surface area contributed by atoms with E-state index in [0.717, 1.165) is 16.6 Å². The maximum Gasteiger partial charge on any atom is 0.178 e. The molecule has 108 valence electrons. The van der Waals surface area contributed by atoms with Crippen LogP contribution in [0.25, 0.3) is 0 Å². The summed E-state index contributed by atoms with van der Waals surface area (Å²) in [5, 5.41) is 5.42. The molecule has 0 spiro atoms. The predicted molar refractivity (Wildman–Crippen MR) is 90.0 cm³/mol. The molecule has 0 aliphatic carbocycles. The maximum absolute atomic E-state index is 4.61. The number of amidine groups is 1. The molecule has 20 heavy (non-hydrogen) atoms. The van der Waals surface area contributed by atoms with E-state index in [0.29, 0.717) is 0 Å². The number of aryl methyl sites for hydroxylation is 3. The van der Waals surface area contributed by atoms with Gasteiger partial charge in [0.25, 0.3) is 0 Å². The predicted octanol–water partition coefficient (Wildman–Crippen LogP) is 3.81. The van der Waals surface area contributed by atoms with Crippen LogP contribution in [0.15, 0.2) is 22.2 Å². The Balaban J connectivity index is 2.25. The Kier molecular flexibility index (Phi) is 4.23. The van der Waals surface area contributed by atoms with E-state index in [1.807, 2.05) is 0 Å². The smallest absolute Gasteiger partial charge is 0.178 e. The number of aliphatic imine (C=N–C) groups is 1. The number of nitrogens with zero attached hydrogens (tertiary/aromatic N) is 2. The lowest BCUT2D eigenvalue weighted by Gasteiger charge is -2.20. The number of rotatable bonds is 1. The molecule has 0 aromatic heterocycles. The van der Waals surface area contributed by atoms with Crippen LogP contribution in [0.3, 0.4) is 0 Å². The Labute approximate surface area is 126 Å². The third kappa shape index (κ3) is 3.63. The topological polar surface area (TPSA) is 36.8 Å². The molecule has 1 aromatic carbocycles. The highest BCUT2D eigenvalue weighted by molar-refractivity contribution is 8.14. The fourth-order valence-electron chi connectivity index (χ4n) is 2.09. The molecular formula is C16H23N3S. The van der Waals surface area contributed by atoms with Crippen LogP contribution in [0.2, 0.25) is 0 Å². The third-order valence-corrected chi connectivity index (χ3v) is 4.09. The van der Waals surface area contributed by atoms with E-state index in [9.17, 15) is 0 Å². The zero-order chi connectivity index (χ0) is 14.9. The molecule has 1 heterocycles. The van der Waals surface area contributed by atoms with E-state index in [2.05, 4.69) is 69.2 Å². The first-order valence-corrected chi connectivity index (χ1v) is 7.88. The van der Waals surface area contributed by atoms with Crippen LogP contribution in [-0.4, -0.2) is 22.2 Å². The lowest BCUT2D eigenvalue weighted by Crippen LogP contribution is -2.28. The van der Waals surface area contributed by atoms with Crippen molar-refractivity contribution in [2.45, 2.75) is 47.1 Å². The fraction of sp³-hybridized carbons (Fsp3) is 0.500. The van der Waals surface area contributed by atoms with E-state index >= 15 is 0 Å². The lowest BCUT2D eigenvalue weighted by molar-refractivity contribution is 0.582. The molecule has 3 nitrogen and oxygen atoms in total. The van der Waals surface area contributed by atoms with Gasteiger partial charge in [0.05, 0.1) is 11.3 Å². The molecule has 0 bridgehead atoms. The van der Waals surface area contributed by atoms with Crippen molar-refractivity contribution < 1.29 is 0 Å². The van der Waals surface area contributed by atoms with Crippen LogP contribution in [-0.2, 0) is 0 Å². The molecule has 0 radical (unpaired) electrons. The molecule has 2 rings (SSSR count). The minimum absolute atomic E-state index is 0.0707. The van der Waals surface area contributed by atoms with Crippen LogP contribution < -0.4 is 5.43 Å². The van der Waals surface area contributed by atoms with E-state index < -0.39 is 0 Å².